The van der Waals surface area contributed by atoms with Crippen LogP contribution in [0.25, 0.3) is 0 Å². The summed E-state index contributed by atoms with van der Waals surface area (Å²) in [5.74, 6) is -0.816. The Labute approximate surface area is 437 Å². The van der Waals surface area contributed by atoms with Gasteiger partial charge in [0.15, 0.2) is 25.0 Å². The Morgan fingerprint density at radius 2 is 1.27 bits per heavy atom. The van der Waals surface area contributed by atoms with E-state index in [1.807, 2.05) is 6.92 Å². The lowest BCUT2D eigenvalue weighted by Crippen LogP contribution is -2.67. The van der Waals surface area contributed by atoms with Gasteiger partial charge in [0.05, 0.1) is 44.1 Å². The second-order valence-electron chi connectivity index (χ2n) is 25.7. The topological polar surface area (TPSA) is 354 Å². The van der Waals surface area contributed by atoms with Crippen molar-refractivity contribution in [1.82, 2.24) is 0 Å². The van der Waals surface area contributed by atoms with Crippen LogP contribution in [0.2, 0.25) is 0 Å². The van der Waals surface area contributed by atoms with Crippen LogP contribution < -0.4 is 0 Å². The summed E-state index contributed by atoms with van der Waals surface area (Å²) in [7, 11) is 0. The van der Waals surface area contributed by atoms with Crippen LogP contribution in [0.1, 0.15) is 113 Å². The molecule has 9 rings (SSSR count). The summed E-state index contributed by atoms with van der Waals surface area (Å²) in [6.07, 6.45) is -21.7. The van der Waals surface area contributed by atoms with Crippen molar-refractivity contribution < 1.29 is 109 Å². The lowest BCUT2D eigenvalue weighted by atomic mass is 9.33. The van der Waals surface area contributed by atoms with E-state index in [1.54, 1.807) is 0 Å². The molecule has 4 saturated heterocycles. The molecule has 75 heavy (non-hydrogen) atoms. The second kappa shape index (κ2) is 21.1. The minimum absolute atomic E-state index is 0.0355. The standard InChI is InChI=1S/C53H86O22/c1-23-32(57)36(61)40(65)44(70-23)74-42-38(63)35(60)28(21-69-43-39(64)33(58)26(56)20-68-43)72-46(42)75-47(67)53-16-14-48(2,3)18-25(53)24-8-9-30-49(4)12-11-31(73-45-41(66)37(62)34(59)27(19-54)71-45)50(5,22-55)29(49)10-13-52(30,7)51(24,6)15-17-53/h8,23,25-46,54-66H,9-22H2,1-7H3/t23-,25-,26-,27+,28+,29+,30+,31-,32-,33+,34+,35+,36+,37-,38-,39+,40+,41+,42+,43+,44-,45-,46-,49-,50-,51+,52+,53-/m0/s1. The van der Waals surface area contributed by atoms with Gasteiger partial charge in [-0.05, 0) is 111 Å². The van der Waals surface area contributed by atoms with Gasteiger partial charge in [-0.2, -0.15) is 0 Å². The van der Waals surface area contributed by atoms with Crippen LogP contribution in [0, 0.1) is 50.2 Å². The largest absolute Gasteiger partial charge is 0.432 e. The van der Waals surface area contributed by atoms with Gasteiger partial charge in [-0.3, -0.25) is 4.79 Å². The van der Waals surface area contributed by atoms with Gasteiger partial charge in [0, 0.05) is 5.41 Å². The molecule has 430 valence electrons. The van der Waals surface area contributed by atoms with Gasteiger partial charge in [-0.15, -0.1) is 0 Å². The molecule has 0 bridgehead atoms. The zero-order valence-electron chi connectivity index (χ0n) is 44.2. The molecule has 28 atom stereocenters. The van der Waals surface area contributed by atoms with Crippen molar-refractivity contribution in [2.45, 2.75) is 235 Å². The van der Waals surface area contributed by atoms with Crippen LogP contribution in [-0.2, 0) is 42.7 Å². The third-order valence-electron chi connectivity index (χ3n) is 21.1. The SMILES string of the molecule is C[C@@H]1O[C@@H](O[C@H]2[C@H](OC(=O)[C@]34CCC(C)(C)C[C@H]3C3=CC[C@@H]5[C@@]6(C)CC[C@H](O[C@@H]7O[C@H](CO)[C@@H](O)[C@H](O)[C@H]7O)[C@@](C)(CO)[C@@H]6CC[C@@]5(C)[C@]3(C)CC4)O[C@H](CO[C@H]3OC[C@H](O)[C@@H](O)[C@H]3O)[C@@H](O)[C@@H]2O)[C@H](O)[C@H](O)[C@H]1O. The number of aliphatic hydroxyl groups is 13. The number of ether oxygens (including phenoxy) is 8. The number of carbonyl (C=O) groups excluding carboxylic acids is 1. The smallest absolute Gasteiger partial charge is 0.315 e. The van der Waals surface area contributed by atoms with Crippen LogP contribution in [0.15, 0.2) is 11.6 Å². The highest BCUT2D eigenvalue weighted by molar-refractivity contribution is 5.79. The van der Waals surface area contributed by atoms with Crippen molar-refractivity contribution in [2.24, 2.45) is 50.2 Å². The summed E-state index contributed by atoms with van der Waals surface area (Å²) in [6.45, 7) is 13.1. The zero-order chi connectivity index (χ0) is 54.7. The molecule has 0 aromatic carbocycles. The quantitative estimate of drug-likeness (QED) is 0.0643. The first-order valence-electron chi connectivity index (χ1n) is 27.3. The second-order valence-corrected chi connectivity index (χ2v) is 25.7. The van der Waals surface area contributed by atoms with Gasteiger partial charge in [0.1, 0.15) is 79.4 Å². The molecular formula is C53H86O22. The number of rotatable bonds is 11. The van der Waals surface area contributed by atoms with E-state index >= 15 is 4.79 Å². The Morgan fingerprint density at radius 3 is 1.95 bits per heavy atom. The van der Waals surface area contributed by atoms with Gasteiger partial charge < -0.3 is 104 Å². The van der Waals surface area contributed by atoms with Crippen LogP contribution >= 0.6 is 0 Å². The van der Waals surface area contributed by atoms with Gasteiger partial charge in [0.2, 0.25) is 6.29 Å². The number of aliphatic hydroxyl groups excluding tert-OH is 13. The average molecular weight is 1080 g/mol. The molecule has 8 fully saturated rings. The Balaban J connectivity index is 0.991. The third kappa shape index (κ3) is 9.50. The molecule has 5 aliphatic carbocycles. The van der Waals surface area contributed by atoms with Crippen molar-refractivity contribution in [2.75, 3.05) is 26.4 Å². The molecule has 9 aliphatic rings. The molecule has 0 aromatic heterocycles. The summed E-state index contributed by atoms with van der Waals surface area (Å²) in [5, 5.41) is 139. The van der Waals surface area contributed by atoms with Gasteiger partial charge in [0.25, 0.3) is 0 Å². The lowest BCUT2D eigenvalue weighted by Gasteiger charge is -2.71. The molecule has 4 aliphatic heterocycles. The Bertz CT molecular complexity index is 2060. The molecule has 13 N–H and O–H groups in total. The predicted octanol–water partition coefficient (Wildman–Crippen LogP) is -1.40. The maximum atomic E-state index is 15.5. The van der Waals surface area contributed by atoms with E-state index in [1.165, 1.54) is 12.5 Å². The fourth-order valence-electron chi connectivity index (χ4n) is 16.1. The highest BCUT2D eigenvalue weighted by atomic mass is 16.8. The molecule has 4 saturated carbocycles. The first-order chi connectivity index (χ1) is 35.1. The number of carbonyl (C=O) groups is 1. The predicted molar refractivity (Wildman–Crippen MR) is 257 cm³/mol. The number of hydrogen-bond donors (Lipinski definition) is 13. The average Bonchev–Trinajstić information content (AvgIpc) is 3.37. The minimum Gasteiger partial charge on any atom is -0.432 e. The maximum absolute atomic E-state index is 15.5. The van der Waals surface area contributed by atoms with Gasteiger partial charge in [-0.1, -0.05) is 53.2 Å². The van der Waals surface area contributed by atoms with Gasteiger partial charge >= 0.3 is 5.97 Å². The molecule has 0 aromatic rings. The zero-order valence-corrected chi connectivity index (χ0v) is 44.2. The van der Waals surface area contributed by atoms with Gasteiger partial charge in [-0.25, -0.2) is 0 Å². The van der Waals surface area contributed by atoms with Crippen LogP contribution in [-0.4, -0.2) is 222 Å². The molecule has 0 spiro atoms. The monoisotopic (exact) mass is 1070 g/mol. The van der Waals surface area contributed by atoms with E-state index in [9.17, 15) is 66.4 Å². The molecular weight excluding hydrogens is 989 g/mol. The fourth-order valence-corrected chi connectivity index (χ4v) is 16.1. The van der Waals surface area contributed by atoms with E-state index in [4.69, 9.17) is 37.9 Å². The Morgan fingerprint density at radius 1 is 0.640 bits per heavy atom. The first-order valence-corrected chi connectivity index (χ1v) is 27.3. The van der Waals surface area contributed by atoms with E-state index in [2.05, 4.69) is 40.7 Å². The molecule has 0 radical (unpaired) electrons. The summed E-state index contributed by atoms with van der Waals surface area (Å²) < 4.78 is 47.9. The van der Waals surface area contributed by atoms with E-state index in [0.717, 1.165) is 19.3 Å². The number of hydrogen-bond acceptors (Lipinski definition) is 22. The van der Waals surface area contributed by atoms with Crippen molar-refractivity contribution in [3.8, 4) is 0 Å². The van der Waals surface area contributed by atoms with Crippen molar-refractivity contribution >= 4 is 5.97 Å². The summed E-state index contributed by atoms with van der Waals surface area (Å²) in [6, 6.07) is 0. The van der Waals surface area contributed by atoms with Crippen molar-refractivity contribution in [3.05, 3.63) is 11.6 Å². The number of allylic oxidation sites excluding steroid dienone is 2. The van der Waals surface area contributed by atoms with Crippen LogP contribution in [0.5, 0.6) is 0 Å². The molecule has 0 amide bonds. The maximum Gasteiger partial charge on any atom is 0.315 e. The van der Waals surface area contributed by atoms with E-state index in [0.29, 0.717) is 44.9 Å². The first kappa shape index (κ1) is 58.1. The highest BCUT2D eigenvalue weighted by Crippen LogP contribution is 2.76. The number of esters is 1. The molecule has 22 nitrogen and oxygen atoms in total. The third-order valence-corrected chi connectivity index (χ3v) is 21.1. The Kier molecular flexibility index (Phi) is 16.3. The Hall–Kier alpha value is -1.59. The number of fused-ring (bicyclic) bond motifs is 7. The van der Waals surface area contributed by atoms with Crippen molar-refractivity contribution in [3.63, 3.8) is 0 Å². The van der Waals surface area contributed by atoms with Crippen LogP contribution in [0.3, 0.4) is 0 Å². The summed E-state index contributed by atoms with van der Waals surface area (Å²) in [5.41, 5.74) is -1.86. The lowest BCUT2D eigenvalue weighted by molar-refractivity contribution is -0.365. The molecule has 22 heteroatoms. The highest BCUT2D eigenvalue weighted by Gasteiger charge is 2.71. The summed E-state index contributed by atoms with van der Waals surface area (Å²) in [4.78, 5) is 15.5. The minimum atomic E-state index is -1.89. The molecule has 4 heterocycles. The van der Waals surface area contributed by atoms with Crippen LogP contribution in [0.4, 0.5) is 0 Å². The normalized spacial score (nSPS) is 54.8. The fraction of sp³-hybridized carbons (Fsp3) is 0.943. The van der Waals surface area contributed by atoms with Crippen molar-refractivity contribution in [1.29, 1.82) is 0 Å². The van der Waals surface area contributed by atoms with E-state index in [-0.39, 0.29) is 47.2 Å². The molecule has 0 unspecified atom stereocenters. The summed E-state index contributed by atoms with van der Waals surface area (Å²) >= 11 is 0. The van der Waals surface area contributed by atoms with E-state index < -0.39 is 158 Å².